The molecule has 4 aromatic rings. The summed E-state index contributed by atoms with van der Waals surface area (Å²) in [5.41, 5.74) is 10.1. The molecule has 0 radical (unpaired) electrons. The van der Waals surface area contributed by atoms with E-state index in [2.05, 4.69) is 132 Å². The van der Waals surface area contributed by atoms with Crippen molar-refractivity contribution in [2.45, 2.75) is 130 Å². The number of hydrogen-bond acceptors (Lipinski definition) is 4. The van der Waals surface area contributed by atoms with Gasteiger partial charge in [-0.15, -0.1) is 0 Å². The molecule has 6 heteroatoms. The van der Waals surface area contributed by atoms with Crippen molar-refractivity contribution in [2.75, 3.05) is 14.2 Å². The van der Waals surface area contributed by atoms with E-state index in [0.29, 0.717) is 59.4 Å². The van der Waals surface area contributed by atoms with Gasteiger partial charge in [-0.2, -0.15) is 0 Å². The zero-order valence-corrected chi connectivity index (χ0v) is 35.0. The van der Waals surface area contributed by atoms with E-state index < -0.39 is 11.9 Å². The van der Waals surface area contributed by atoms with Crippen LogP contribution in [0.5, 0.6) is 11.5 Å². The first-order chi connectivity index (χ1) is 24.8. The molecule has 0 saturated carbocycles. The highest BCUT2D eigenvalue weighted by Crippen LogP contribution is 2.41. The average Bonchev–Trinajstić information content (AvgIpc) is 3.01. The van der Waals surface area contributed by atoms with Crippen molar-refractivity contribution in [3.8, 4) is 11.5 Å². The van der Waals surface area contributed by atoms with Crippen molar-refractivity contribution >= 4 is 11.9 Å². The first kappa shape index (κ1) is 40.6. The minimum Gasteiger partial charge on any atom is -0.496 e. The van der Waals surface area contributed by atoms with Crippen LogP contribution in [0.2, 0.25) is 0 Å². The fraction of sp³-hybridized carbons (Fsp3) is 0.458. The second-order valence-corrected chi connectivity index (χ2v) is 19.3. The van der Waals surface area contributed by atoms with Crippen LogP contribution < -0.4 is 9.47 Å². The lowest BCUT2D eigenvalue weighted by molar-refractivity contribution is 0.0683. The van der Waals surface area contributed by atoms with E-state index in [1.54, 1.807) is 14.2 Å². The summed E-state index contributed by atoms with van der Waals surface area (Å²) in [5, 5.41) is 22.0. The Labute approximate surface area is 322 Å². The van der Waals surface area contributed by atoms with Crippen LogP contribution in [0.15, 0.2) is 48.5 Å². The van der Waals surface area contributed by atoms with Gasteiger partial charge in [-0.1, -0.05) is 132 Å². The van der Waals surface area contributed by atoms with Crippen LogP contribution in [0.25, 0.3) is 0 Å². The zero-order valence-electron chi connectivity index (χ0n) is 35.0. The Kier molecular flexibility index (Phi) is 10.7. The molecule has 2 N–H and O–H groups in total. The number of hydrogen-bond donors (Lipinski definition) is 2. The molecule has 1 aliphatic carbocycles. The molecule has 54 heavy (non-hydrogen) atoms. The minimum atomic E-state index is -0.977. The second kappa shape index (κ2) is 14.2. The molecule has 0 spiro atoms. The molecule has 4 aromatic carbocycles. The summed E-state index contributed by atoms with van der Waals surface area (Å²) in [6, 6.07) is 16.7. The summed E-state index contributed by atoms with van der Waals surface area (Å²) in [4.78, 5) is 26.9. The highest BCUT2D eigenvalue weighted by Gasteiger charge is 2.30. The van der Waals surface area contributed by atoms with Crippen molar-refractivity contribution in [3.05, 3.63) is 126 Å². The van der Waals surface area contributed by atoms with Crippen LogP contribution >= 0.6 is 0 Å². The first-order valence-corrected chi connectivity index (χ1v) is 19.0. The minimum absolute atomic E-state index is 0.247. The van der Waals surface area contributed by atoms with Crippen molar-refractivity contribution < 1.29 is 29.3 Å². The molecule has 6 nitrogen and oxygen atoms in total. The molecule has 0 aliphatic heterocycles. The van der Waals surface area contributed by atoms with Crippen LogP contribution in [0.1, 0.15) is 171 Å². The third-order valence-electron chi connectivity index (χ3n) is 10.9. The van der Waals surface area contributed by atoms with Gasteiger partial charge in [0.2, 0.25) is 0 Å². The van der Waals surface area contributed by atoms with Gasteiger partial charge in [-0.3, -0.25) is 0 Å². The Balaban J connectivity index is 2.02. The molecule has 0 fully saturated rings. The molecule has 0 atom stereocenters. The highest BCUT2D eigenvalue weighted by atomic mass is 16.5. The molecule has 5 rings (SSSR count). The van der Waals surface area contributed by atoms with Gasteiger partial charge in [0.25, 0.3) is 0 Å². The van der Waals surface area contributed by atoms with Gasteiger partial charge < -0.3 is 19.7 Å². The van der Waals surface area contributed by atoms with E-state index in [0.717, 1.165) is 44.5 Å². The summed E-state index contributed by atoms with van der Waals surface area (Å²) in [6.45, 7) is 25.9. The van der Waals surface area contributed by atoms with Crippen LogP contribution in [0, 0.1) is 0 Å². The second-order valence-electron chi connectivity index (χ2n) is 19.3. The van der Waals surface area contributed by atoms with Gasteiger partial charge in [-0.25, -0.2) is 9.59 Å². The Morgan fingerprint density at radius 3 is 0.741 bits per heavy atom. The van der Waals surface area contributed by atoms with E-state index in [9.17, 15) is 19.8 Å². The van der Waals surface area contributed by atoms with Gasteiger partial charge >= 0.3 is 11.9 Å². The van der Waals surface area contributed by atoms with Gasteiger partial charge in [0.05, 0.1) is 25.3 Å². The van der Waals surface area contributed by atoms with Crippen molar-refractivity contribution in [1.82, 2.24) is 0 Å². The topological polar surface area (TPSA) is 93.1 Å². The van der Waals surface area contributed by atoms with Crippen molar-refractivity contribution in [1.29, 1.82) is 0 Å². The summed E-state index contributed by atoms with van der Waals surface area (Å²) in [7, 11) is 3.29. The predicted molar refractivity (Wildman–Crippen MR) is 219 cm³/mol. The molecule has 288 valence electrons. The van der Waals surface area contributed by atoms with Gasteiger partial charge in [0.1, 0.15) is 11.5 Å². The van der Waals surface area contributed by atoms with Gasteiger partial charge in [0.15, 0.2) is 0 Å². The standard InChI is InChI=1S/C48H60O6/c1-45(2,3)35-19-27-15-31-23-37(47(7,8)9)25-33(41(31)53-13)17-29-21-36(46(4,5)6)22-30(40(29)44(51)52)18-34-26-38(48(10,11)12)24-32(42(34)54-14)16-28(20-35)39(27)43(49)50/h19-26H,15-18H2,1-14H3,(H,49,50)(H,51,52). The van der Waals surface area contributed by atoms with E-state index in [4.69, 9.17) is 9.47 Å². The van der Waals surface area contributed by atoms with E-state index >= 15 is 0 Å². The van der Waals surface area contributed by atoms with Crippen LogP contribution in [0.3, 0.4) is 0 Å². The van der Waals surface area contributed by atoms with E-state index in [1.807, 2.05) is 0 Å². The number of carboxylic acid groups (broad SMARTS) is 2. The first-order valence-electron chi connectivity index (χ1n) is 19.0. The summed E-state index contributed by atoms with van der Waals surface area (Å²) in [6.07, 6.45) is 1.29. The number of ether oxygens (including phenoxy) is 2. The normalized spacial score (nSPS) is 13.7. The third kappa shape index (κ3) is 8.23. The number of aromatic carboxylic acids is 2. The fourth-order valence-electron chi connectivity index (χ4n) is 7.75. The third-order valence-corrected chi connectivity index (χ3v) is 10.9. The van der Waals surface area contributed by atoms with Crippen molar-refractivity contribution in [3.63, 3.8) is 0 Å². The maximum Gasteiger partial charge on any atom is 0.336 e. The number of rotatable bonds is 4. The lowest BCUT2D eigenvalue weighted by Crippen LogP contribution is -2.19. The maximum atomic E-state index is 13.5. The van der Waals surface area contributed by atoms with Crippen LogP contribution in [-0.4, -0.2) is 36.4 Å². The number of carboxylic acids is 2. The van der Waals surface area contributed by atoms with E-state index in [-0.39, 0.29) is 32.8 Å². The smallest absolute Gasteiger partial charge is 0.336 e. The van der Waals surface area contributed by atoms with Gasteiger partial charge in [-0.05, 0) is 88.4 Å². The lowest BCUT2D eigenvalue weighted by Gasteiger charge is -2.28. The Morgan fingerprint density at radius 1 is 0.407 bits per heavy atom. The Bertz CT molecular complexity index is 1870. The number of methoxy groups -OCH3 is 2. The lowest BCUT2D eigenvalue weighted by atomic mass is 9.77. The molecule has 1 aliphatic rings. The summed E-state index contributed by atoms with van der Waals surface area (Å²) >= 11 is 0. The molecule has 0 heterocycles. The quantitative estimate of drug-likeness (QED) is 0.191. The molecular formula is C48H60O6. The Hall–Kier alpha value is -4.58. The number of benzene rings is 4. The zero-order chi connectivity index (χ0) is 40.3. The summed E-state index contributed by atoms with van der Waals surface area (Å²) < 4.78 is 12.5. The van der Waals surface area contributed by atoms with Gasteiger partial charge in [0, 0.05) is 25.7 Å². The molecule has 0 saturated heterocycles. The average molecular weight is 733 g/mol. The molecule has 8 bridgehead atoms. The van der Waals surface area contributed by atoms with Crippen molar-refractivity contribution in [2.24, 2.45) is 0 Å². The predicted octanol–water partition coefficient (Wildman–Crippen LogP) is 11.0. The van der Waals surface area contributed by atoms with Crippen LogP contribution in [0.4, 0.5) is 0 Å². The SMILES string of the molecule is COc1c2cc(C(C)(C)C)cc1Cc1cc(C(C)(C)C)cc(c1C(=O)O)Cc1cc(C(C)(C)C)cc(c1OC)Cc1cc(C(C)(C)C)cc(c1C(=O)O)C2. The monoisotopic (exact) mass is 732 g/mol. The summed E-state index contributed by atoms with van der Waals surface area (Å²) in [5.74, 6) is -0.658. The van der Waals surface area contributed by atoms with Crippen LogP contribution in [-0.2, 0) is 47.3 Å². The maximum absolute atomic E-state index is 13.5. The highest BCUT2D eigenvalue weighted by molar-refractivity contribution is 5.93. The van der Waals surface area contributed by atoms with E-state index in [1.165, 1.54) is 0 Å². The molecule has 0 amide bonds. The fourth-order valence-corrected chi connectivity index (χ4v) is 7.75. The Morgan fingerprint density at radius 2 is 0.593 bits per heavy atom. The number of carbonyl (C=O) groups is 2. The molecule has 0 aromatic heterocycles. The largest absolute Gasteiger partial charge is 0.496 e. The molecule has 0 unspecified atom stereocenters. The number of fused-ring (bicyclic) bond motifs is 8. The molecular weight excluding hydrogens is 673 g/mol.